The van der Waals surface area contributed by atoms with E-state index in [2.05, 4.69) is 4.98 Å². The molecule has 9 nitrogen and oxygen atoms in total. The molecular formula is C24H29N5O4. The number of ether oxygens (including phenoxy) is 1. The quantitative estimate of drug-likeness (QED) is 0.457. The molecular weight excluding hydrogens is 422 g/mol. The van der Waals surface area contributed by atoms with Gasteiger partial charge in [-0.2, -0.15) is 0 Å². The number of carbonyl (C=O) groups excluding carboxylic acids is 2. The largest absolute Gasteiger partial charge is 0.466 e. The number of hydrogen-bond donors (Lipinski definition) is 1. The van der Waals surface area contributed by atoms with Gasteiger partial charge in [-0.1, -0.05) is 19.4 Å². The highest BCUT2D eigenvalue weighted by Gasteiger charge is 2.30. The van der Waals surface area contributed by atoms with Crippen LogP contribution < -0.4 is 11.0 Å². The van der Waals surface area contributed by atoms with Crippen LogP contribution in [-0.4, -0.2) is 50.4 Å². The fourth-order valence-corrected chi connectivity index (χ4v) is 4.33. The Morgan fingerprint density at radius 3 is 2.67 bits per heavy atom. The fourth-order valence-electron chi connectivity index (χ4n) is 4.33. The van der Waals surface area contributed by atoms with Gasteiger partial charge in [0.05, 0.1) is 23.5 Å². The number of esters is 1. The first-order valence-corrected chi connectivity index (χ1v) is 11.5. The average molecular weight is 452 g/mol. The molecule has 0 spiro atoms. The summed E-state index contributed by atoms with van der Waals surface area (Å²) in [5.41, 5.74) is 0.890. The highest BCUT2D eigenvalue weighted by atomic mass is 16.5. The zero-order valence-electron chi connectivity index (χ0n) is 19.0. The van der Waals surface area contributed by atoms with Gasteiger partial charge in [-0.25, -0.2) is 4.98 Å². The summed E-state index contributed by atoms with van der Waals surface area (Å²) in [4.78, 5) is 45.0. The molecule has 1 amide bonds. The van der Waals surface area contributed by atoms with Gasteiger partial charge in [0.2, 0.25) is 0 Å². The van der Waals surface area contributed by atoms with Gasteiger partial charge < -0.3 is 14.2 Å². The van der Waals surface area contributed by atoms with Crippen molar-refractivity contribution >= 4 is 28.6 Å². The maximum Gasteiger partial charge on any atom is 0.309 e. The van der Waals surface area contributed by atoms with Gasteiger partial charge in [-0.05, 0) is 44.4 Å². The van der Waals surface area contributed by atoms with Gasteiger partial charge in [-0.3, -0.25) is 24.2 Å². The highest BCUT2D eigenvalue weighted by Crippen LogP contribution is 2.21. The van der Waals surface area contributed by atoms with Crippen molar-refractivity contribution in [2.75, 3.05) is 19.7 Å². The molecule has 1 aliphatic rings. The molecule has 0 radical (unpaired) electrons. The zero-order valence-corrected chi connectivity index (χ0v) is 19.0. The number of nitrogens with one attached hydrogen (secondary N) is 1. The molecule has 1 fully saturated rings. The molecule has 0 bridgehead atoms. The van der Waals surface area contributed by atoms with Gasteiger partial charge in [-0.15, -0.1) is 0 Å². The van der Waals surface area contributed by atoms with Crippen LogP contribution in [0.1, 0.15) is 49.9 Å². The summed E-state index contributed by atoms with van der Waals surface area (Å²) < 4.78 is 8.24. The molecule has 9 heteroatoms. The second kappa shape index (κ2) is 9.56. The molecule has 4 rings (SSSR count). The van der Waals surface area contributed by atoms with Crippen molar-refractivity contribution in [3.8, 4) is 0 Å². The summed E-state index contributed by atoms with van der Waals surface area (Å²) in [6.07, 6.45) is 4.40. The van der Waals surface area contributed by atoms with Crippen LogP contribution in [0.2, 0.25) is 0 Å². The second-order valence-electron chi connectivity index (χ2n) is 8.31. The van der Waals surface area contributed by atoms with Gasteiger partial charge in [0.15, 0.2) is 0 Å². The van der Waals surface area contributed by atoms with Crippen LogP contribution in [0.5, 0.6) is 0 Å². The predicted molar refractivity (Wildman–Crippen MR) is 123 cm³/mol. The number of rotatable bonds is 6. The van der Waals surface area contributed by atoms with Crippen LogP contribution in [-0.2, 0) is 16.1 Å². The maximum absolute atomic E-state index is 13.4. The topological polar surface area (TPSA) is 110 Å². The van der Waals surface area contributed by atoms with E-state index >= 15 is 0 Å². The SMILES string of the molecule is CCCCn1c(=N)c(C(=O)N2CCC(C(=O)OCC)CC2)cc2c(=O)n3ccccc3nc21. The third-order valence-corrected chi connectivity index (χ3v) is 6.19. The van der Waals surface area contributed by atoms with Crippen molar-refractivity contribution in [3.63, 3.8) is 0 Å². The number of likely N-dealkylation sites (tertiary alicyclic amines) is 1. The number of piperidine rings is 1. The Kier molecular flexibility index (Phi) is 6.57. The lowest BCUT2D eigenvalue weighted by atomic mass is 9.96. The van der Waals surface area contributed by atoms with E-state index in [1.165, 1.54) is 10.5 Å². The second-order valence-corrected chi connectivity index (χ2v) is 8.31. The number of aryl methyl sites for hydroxylation is 1. The number of nitrogens with zero attached hydrogens (tertiary/aromatic N) is 4. The van der Waals surface area contributed by atoms with Gasteiger partial charge in [0.25, 0.3) is 11.5 Å². The van der Waals surface area contributed by atoms with Crippen molar-refractivity contribution in [1.29, 1.82) is 5.41 Å². The molecule has 3 aromatic rings. The summed E-state index contributed by atoms with van der Waals surface area (Å²) >= 11 is 0. The average Bonchev–Trinajstić information content (AvgIpc) is 2.83. The number of amides is 1. The standard InChI is InChI=1S/C24H29N5O4/c1-3-5-11-29-20(25)17(22(30)27-13-9-16(10-14-27)24(32)33-4-2)15-18-21(29)26-19-8-6-7-12-28(19)23(18)31/h6-8,12,15-16,25H,3-5,9-11,13-14H2,1-2H3. The first-order chi connectivity index (χ1) is 16.0. The van der Waals surface area contributed by atoms with Crippen LogP contribution in [0, 0.1) is 11.3 Å². The molecule has 4 heterocycles. The summed E-state index contributed by atoms with van der Waals surface area (Å²) in [5.74, 6) is -0.734. The van der Waals surface area contributed by atoms with E-state index in [9.17, 15) is 14.4 Å². The summed E-state index contributed by atoms with van der Waals surface area (Å²) in [5, 5.41) is 9.11. The smallest absolute Gasteiger partial charge is 0.309 e. The van der Waals surface area contributed by atoms with Crippen LogP contribution in [0.25, 0.3) is 16.7 Å². The van der Waals surface area contributed by atoms with Crippen molar-refractivity contribution in [3.05, 3.63) is 51.9 Å². The van der Waals surface area contributed by atoms with E-state index in [0.29, 0.717) is 55.8 Å². The van der Waals surface area contributed by atoms with Gasteiger partial charge >= 0.3 is 5.97 Å². The van der Waals surface area contributed by atoms with Crippen LogP contribution in [0.3, 0.4) is 0 Å². The summed E-state index contributed by atoms with van der Waals surface area (Å²) in [7, 11) is 0. The number of hydrogen-bond acceptors (Lipinski definition) is 6. The Balaban J connectivity index is 1.75. The Morgan fingerprint density at radius 2 is 1.97 bits per heavy atom. The number of carbonyl (C=O) groups is 2. The van der Waals surface area contributed by atoms with Crippen LogP contribution in [0.4, 0.5) is 0 Å². The molecule has 33 heavy (non-hydrogen) atoms. The van der Waals surface area contributed by atoms with Crippen molar-refractivity contribution in [2.24, 2.45) is 5.92 Å². The van der Waals surface area contributed by atoms with Crippen molar-refractivity contribution in [1.82, 2.24) is 18.9 Å². The number of pyridine rings is 2. The van der Waals surface area contributed by atoms with Crippen molar-refractivity contribution in [2.45, 2.75) is 46.1 Å². The summed E-state index contributed by atoms with van der Waals surface area (Å²) in [6, 6.07) is 6.82. The Bertz CT molecular complexity index is 1320. The first kappa shape index (κ1) is 22.7. The lowest BCUT2D eigenvalue weighted by molar-refractivity contribution is -0.149. The molecule has 1 aliphatic heterocycles. The van der Waals surface area contributed by atoms with Gasteiger partial charge in [0, 0.05) is 25.8 Å². The third-order valence-electron chi connectivity index (χ3n) is 6.19. The molecule has 0 saturated carbocycles. The molecule has 1 N–H and O–H groups in total. The van der Waals surface area contributed by atoms with E-state index in [4.69, 9.17) is 10.1 Å². The maximum atomic E-state index is 13.4. The molecule has 0 aromatic carbocycles. The summed E-state index contributed by atoms with van der Waals surface area (Å²) in [6.45, 7) is 5.47. The van der Waals surface area contributed by atoms with Crippen LogP contribution >= 0.6 is 0 Å². The number of fused-ring (bicyclic) bond motifs is 2. The Morgan fingerprint density at radius 1 is 1.21 bits per heavy atom. The lowest BCUT2D eigenvalue weighted by Crippen LogP contribution is -2.43. The first-order valence-electron chi connectivity index (χ1n) is 11.5. The predicted octanol–water partition coefficient (Wildman–Crippen LogP) is 2.34. The monoisotopic (exact) mass is 451 g/mol. The molecule has 1 saturated heterocycles. The van der Waals surface area contributed by atoms with Crippen LogP contribution in [0.15, 0.2) is 35.3 Å². The van der Waals surface area contributed by atoms with E-state index in [1.54, 1.807) is 34.7 Å². The minimum atomic E-state index is -0.299. The highest BCUT2D eigenvalue weighted by molar-refractivity contribution is 5.97. The third kappa shape index (κ3) is 4.27. The normalized spacial score (nSPS) is 14.7. The van der Waals surface area contributed by atoms with E-state index in [-0.39, 0.29) is 34.4 Å². The Hall–Kier alpha value is -3.49. The fraction of sp³-hybridized carbons (Fsp3) is 0.458. The zero-order chi connectivity index (χ0) is 23.5. The number of unbranched alkanes of at least 4 members (excludes halogenated alkanes) is 1. The van der Waals surface area contributed by atoms with E-state index in [0.717, 1.165) is 12.8 Å². The molecule has 0 aliphatic carbocycles. The Labute approximate surface area is 191 Å². The number of aromatic nitrogens is 3. The molecule has 0 atom stereocenters. The van der Waals surface area contributed by atoms with E-state index < -0.39 is 0 Å². The minimum absolute atomic E-state index is 0.0562. The van der Waals surface area contributed by atoms with Crippen molar-refractivity contribution < 1.29 is 14.3 Å². The minimum Gasteiger partial charge on any atom is -0.466 e. The molecule has 174 valence electrons. The van der Waals surface area contributed by atoms with Gasteiger partial charge in [0.1, 0.15) is 16.8 Å². The molecule has 0 unspecified atom stereocenters. The molecule has 3 aromatic heterocycles. The lowest BCUT2D eigenvalue weighted by Gasteiger charge is -2.31. The van der Waals surface area contributed by atoms with E-state index in [1.807, 2.05) is 13.0 Å².